The maximum Gasteiger partial charge on any atom is 0.165 e. The first kappa shape index (κ1) is 18.4. The summed E-state index contributed by atoms with van der Waals surface area (Å²) in [5.74, 6) is 0.832. The van der Waals surface area contributed by atoms with E-state index in [1.54, 1.807) is 35.4 Å². The Hall–Kier alpha value is -3.00. The molecule has 1 saturated heterocycles. The Morgan fingerprint density at radius 3 is 2.61 bits per heavy atom. The maximum atomic E-state index is 13.9. The van der Waals surface area contributed by atoms with Crippen molar-refractivity contribution in [3.8, 4) is 17.0 Å². The summed E-state index contributed by atoms with van der Waals surface area (Å²) in [6.07, 6.45) is 7.28. The number of aryl methyl sites for hydroxylation is 1. The number of piperazine rings is 1. The number of nitrogens with zero attached hydrogens (tertiary/aromatic N) is 6. The third-order valence-electron chi connectivity index (χ3n) is 4.94. The number of methoxy groups -OCH3 is 1. The third-order valence-corrected chi connectivity index (χ3v) is 4.94. The molecule has 0 spiro atoms. The van der Waals surface area contributed by atoms with Gasteiger partial charge >= 0.3 is 0 Å². The van der Waals surface area contributed by atoms with Crippen LogP contribution < -0.4 is 9.64 Å². The molecule has 0 N–H and O–H groups in total. The minimum Gasteiger partial charge on any atom is -0.494 e. The molecular weight excluding hydrogens is 359 g/mol. The Kier molecular flexibility index (Phi) is 5.21. The lowest BCUT2D eigenvalue weighted by molar-refractivity contribution is 0.249. The molecule has 3 aromatic rings. The van der Waals surface area contributed by atoms with Crippen molar-refractivity contribution in [2.24, 2.45) is 7.05 Å². The smallest absolute Gasteiger partial charge is 0.165 e. The second-order valence-electron chi connectivity index (χ2n) is 6.90. The predicted octanol–water partition coefficient (Wildman–Crippen LogP) is 2.35. The van der Waals surface area contributed by atoms with Gasteiger partial charge in [0.15, 0.2) is 11.6 Å². The van der Waals surface area contributed by atoms with Gasteiger partial charge in [0.1, 0.15) is 5.82 Å². The topological polar surface area (TPSA) is 59.3 Å². The number of anilines is 1. The molecule has 0 radical (unpaired) electrons. The Morgan fingerprint density at radius 1 is 1.11 bits per heavy atom. The molecule has 1 aliphatic rings. The Labute approximate surface area is 163 Å². The minimum absolute atomic E-state index is 0.278. The summed E-state index contributed by atoms with van der Waals surface area (Å²) >= 11 is 0. The highest BCUT2D eigenvalue weighted by molar-refractivity contribution is 5.58. The molecule has 0 aliphatic carbocycles. The van der Waals surface area contributed by atoms with E-state index in [0.29, 0.717) is 0 Å². The van der Waals surface area contributed by atoms with Crippen LogP contribution >= 0.6 is 0 Å². The van der Waals surface area contributed by atoms with Gasteiger partial charge in [-0.2, -0.15) is 5.10 Å². The van der Waals surface area contributed by atoms with E-state index >= 15 is 0 Å². The fraction of sp³-hybridized carbons (Fsp3) is 0.350. The maximum absolute atomic E-state index is 13.9. The molecule has 0 atom stereocenters. The molecule has 146 valence electrons. The largest absolute Gasteiger partial charge is 0.494 e. The van der Waals surface area contributed by atoms with Gasteiger partial charge in [0, 0.05) is 51.5 Å². The van der Waals surface area contributed by atoms with Crippen LogP contribution in [0.2, 0.25) is 0 Å². The van der Waals surface area contributed by atoms with Crippen LogP contribution in [0.15, 0.2) is 43.0 Å². The Balaban J connectivity index is 1.38. The quantitative estimate of drug-likeness (QED) is 0.675. The summed E-state index contributed by atoms with van der Waals surface area (Å²) in [5, 5.41) is 4.20. The van der Waals surface area contributed by atoms with Crippen molar-refractivity contribution in [1.29, 1.82) is 0 Å². The van der Waals surface area contributed by atoms with Crippen molar-refractivity contribution in [1.82, 2.24) is 24.6 Å². The third kappa shape index (κ3) is 3.96. The van der Waals surface area contributed by atoms with Crippen LogP contribution in [0.25, 0.3) is 11.3 Å². The van der Waals surface area contributed by atoms with E-state index in [4.69, 9.17) is 9.72 Å². The molecule has 0 amide bonds. The zero-order chi connectivity index (χ0) is 19.5. The Bertz CT molecular complexity index is 951. The van der Waals surface area contributed by atoms with Crippen LogP contribution in [0.1, 0.15) is 5.56 Å². The van der Waals surface area contributed by atoms with Crippen molar-refractivity contribution < 1.29 is 9.13 Å². The molecule has 1 fully saturated rings. The van der Waals surface area contributed by atoms with Crippen LogP contribution in [0.3, 0.4) is 0 Å². The first-order valence-corrected chi connectivity index (χ1v) is 9.23. The number of benzene rings is 1. The normalized spacial score (nSPS) is 15.0. The van der Waals surface area contributed by atoms with Crippen LogP contribution in [-0.4, -0.2) is 57.9 Å². The number of halogens is 1. The summed E-state index contributed by atoms with van der Waals surface area (Å²) in [4.78, 5) is 13.6. The first-order chi connectivity index (χ1) is 13.6. The minimum atomic E-state index is -0.318. The van der Waals surface area contributed by atoms with Crippen molar-refractivity contribution in [2.75, 3.05) is 38.2 Å². The van der Waals surface area contributed by atoms with E-state index in [-0.39, 0.29) is 11.6 Å². The fourth-order valence-corrected chi connectivity index (χ4v) is 3.40. The summed E-state index contributed by atoms with van der Waals surface area (Å²) < 4.78 is 20.6. The van der Waals surface area contributed by atoms with Crippen molar-refractivity contribution in [2.45, 2.75) is 6.54 Å². The molecule has 1 aliphatic heterocycles. The van der Waals surface area contributed by atoms with Gasteiger partial charge in [0.05, 0.1) is 31.4 Å². The lowest BCUT2D eigenvalue weighted by Gasteiger charge is -2.35. The van der Waals surface area contributed by atoms with E-state index in [2.05, 4.69) is 19.9 Å². The van der Waals surface area contributed by atoms with Gasteiger partial charge in [-0.3, -0.25) is 14.6 Å². The molecule has 1 aromatic carbocycles. The predicted molar refractivity (Wildman–Crippen MR) is 105 cm³/mol. The highest BCUT2D eigenvalue weighted by atomic mass is 19.1. The van der Waals surface area contributed by atoms with Crippen molar-refractivity contribution in [3.05, 3.63) is 54.4 Å². The molecule has 0 unspecified atom stereocenters. The number of hydrogen-bond donors (Lipinski definition) is 0. The number of hydrogen-bond acceptors (Lipinski definition) is 6. The molecule has 3 heterocycles. The van der Waals surface area contributed by atoms with E-state index in [1.807, 2.05) is 19.3 Å². The Morgan fingerprint density at radius 2 is 1.93 bits per heavy atom. The lowest BCUT2D eigenvalue weighted by Crippen LogP contribution is -2.46. The van der Waals surface area contributed by atoms with Gasteiger partial charge in [-0.1, -0.05) is 6.07 Å². The number of rotatable bonds is 5. The highest BCUT2D eigenvalue weighted by Crippen LogP contribution is 2.21. The van der Waals surface area contributed by atoms with Gasteiger partial charge in [-0.05, 0) is 17.7 Å². The zero-order valence-electron chi connectivity index (χ0n) is 16.0. The highest BCUT2D eigenvalue weighted by Gasteiger charge is 2.19. The second-order valence-corrected chi connectivity index (χ2v) is 6.90. The molecule has 4 rings (SSSR count). The van der Waals surface area contributed by atoms with E-state index < -0.39 is 0 Å². The average molecular weight is 382 g/mol. The molecule has 0 saturated carbocycles. The molecule has 8 heteroatoms. The summed E-state index contributed by atoms with van der Waals surface area (Å²) in [6, 6.07) is 5.14. The van der Waals surface area contributed by atoms with Gasteiger partial charge in [-0.25, -0.2) is 9.37 Å². The van der Waals surface area contributed by atoms with Crippen LogP contribution in [-0.2, 0) is 13.6 Å². The summed E-state index contributed by atoms with van der Waals surface area (Å²) in [5.41, 5.74) is 2.73. The van der Waals surface area contributed by atoms with Gasteiger partial charge < -0.3 is 9.64 Å². The van der Waals surface area contributed by atoms with E-state index in [0.717, 1.165) is 55.4 Å². The van der Waals surface area contributed by atoms with Gasteiger partial charge in [0.2, 0.25) is 0 Å². The van der Waals surface area contributed by atoms with Crippen LogP contribution in [0.5, 0.6) is 5.75 Å². The van der Waals surface area contributed by atoms with Crippen LogP contribution in [0.4, 0.5) is 10.2 Å². The zero-order valence-corrected chi connectivity index (χ0v) is 16.0. The standard InChI is InChI=1S/C20H23FN6O/c1-25-14-16(10-23-25)18-11-22-12-20(24-18)27-7-5-26(6-8-27)13-15-3-4-19(28-2)17(21)9-15/h3-4,9-12,14H,5-8,13H2,1-2H3. The lowest BCUT2D eigenvalue weighted by atomic mass is 10.2. The summed E-state index contributed by atoms with van der Waals surface area (Å²) in [6.45, 7) is 4.18. The molecule has 28 heavy (non-hydrogen) atoms. The summed E-state index contributed by atoms with van der Waals surface area (Å²) in [7, 11) is 3.36. The SMILES string of the molecule is COc1ccc(CN2CCN(c3cncc(-c4cnn(C)c4)n3)CC2)cc1F. The number of ether oxygens (including phenoxy) is 1. The van der Waals surface area contributed by atoms with Crippen LogP contribution in [0, 0.1) is 5.82 Å². The van der Waals surface area contributed by atoms with Gasteiger partial charge in [0.25, 0.3) is 0 Å². The van der Waals surface area contributed by atoms with Crippen molar-refractivity contribution in [3.63, 3.8) is 0 Å². The van der Waals surface area contributed by atoms with Crippen molar-refractivity contribution >= 4 is 5.82 Å². The van der Waals surface area contributed by atoms with Gasteiger partial charge in [-0.15, -0.1) is 0 Å². The second kappa shape index (κ2) is 7.93. The molecule has 2 aromatic heterocycles. The monoisotopic (exact) mass is 382 g/mol. The van der Waals surface area contributed by atoms with E-state index in [1.165, 1.54) is 7.11 Å². The molecule has 0 bridgehead atoms. The van der Waals surface area contributed by atoms with E-state index in [9.17, 15) is 4.39 Å². The molecule has 7 nitrogen and oxygen atoms in total. The molecular formula is C20H23FN6O. The average Bonchev–Trinajstić information content (AvgIpc) is 3.15. The number of aromatic nitrogens is 4. The first-order valence-electron chi connectivity index (χ1n) is 9.23. The fourth-order valence-electron chi connectivity index (χ4n) is 3.40.